The van der Waals surface area contributed by atoms with Crippen LogP contribution >= 0.6 is 0 Å². The molecule has 0 aliphatic carbocycles. The summed E-state index contributed by atoms with van der Waals surface area (Å²) in [7, 11) is 1.30. The van der Waals surface area contributed by atoms with Crippen molar-refractivity contribution < 1.29 is 9.53 Å². The van der Waals surface area contributed by atoms with Gasteiger partial charge in [0.1, 0.15) is 0 Å². The molecular formula is C10H12N4O2. The number of fused-ring (bicyclic) bond motifs is 1. The Kier molecular flexibility index (Phi) is 2.55. The molecule has 0 aromatic carbocycles. The molecule has 0 radical (unpaired) electrons. The van der Waals surface area contributed by atoms with E-state index >= 15 is 0 Å². The molecule has 0 amide bonds. The monoisotopic (exact) mass is 220 g/mol. The molecule has 2 rings (SSSR count). The van der Waals surface area contributed by atoms with E-state index in [1.54, 1.807) is 10.7 Å². The van der Waals surface area contributed by atoms with Crippen molar-refractivity contribution in [3.05, 3.63) is 23.3 Å². The molecule has 0 spiro atoms. The maximum absolute atomic E-state index is 11.3. The highest BCUT2D eigenvalue weighted by Crippen LogP contribution is 2.09. The lowest BCUT2D eigenvalue weighted by molar-refractivity contribution is 0.0587. The van der Waals surface area contributed by atoms with Gasteiger partial charge in [-0.25, -0.2) is 14.3 Å². The number of aryl methyl sites for hydroxylation is 2. The molecule has 0 atom stereocenters. The first-order valence-electron chi connectivity index (χ1n) is 4.97. The summed E-state index contributed by atoms with van der Waals surface area (Å²) >= 11 is 0. The topological polar surface area (TPSA) is 69.4 Å². The predicted octanol–water partition coefficient (Wildman–Crippen LogP) is 0.782. The van der Waals surface area contributed by atoms with E-state index < -0.39 is 5.97 Å². The summed E-state index contributed by atoms with van der Waals surface area (Å²) in [6, 6.07) is 0. The van der Waals surface area contributed by atoms with Crippen molar-refractivity contribution in [1.82, 2.24) is 19.6 Å². The van der Waals surface area contributed by atoms with Crippen molar-refractivity contribution in [3.8, 4) is 0 Å². The zero-order chi connectivity index (χ0) is 11.7. The van der Waals surface area contributed by atoms with Gasteiger partial charge in [0.2, 0.25) is 0 Å². The average molecular weight is 220 g/mol. The Hall–Kier alpha value is -1.98. The zero-order valence-electron chi connectivity index (χ0n) is 9.39. The Morgan fingerprint density at radius 1 is 1.56 bits per heavy atom. The second kappa shape index (κ2) is 3.88. The van der Waals surface area contributed by atoms with E-state index in [2.05, 4.69) is 19.8 Å². The number of aromatic nitrogens is 4. The molecule has 2 aromatic rings. The molecule has 0 aliphatic heterocycles. The summed E-state index contributed by atoms with van der Waals surface area (Å²) in [6.07, 6.45) is 2.53. The van der Waals surface area contributed by atoms with Gasteiger partial charge in [-0.15, -0.1) is 5.10 Å². The number of hydrogen-bond acceptors (Lipinski definition) is 5. The third kappa shape index (κ3) is 1.52. The van der Waals surface area contributed by atoms with Crippen molar-refractivity contribution in [2.75, 3.05) is 7.11 Å². The molecule has 6 nitrogen and oxygen atoms in total. The highest BCUT2D eigenvalue weighted by molar-refractivity contribution is 5.85. The number of ether oxygens (including phenoxy) is 1. The van der Waals surface area contributed by atoms with Gasteiger partial charge in [-0.2, -0.15) is 4.98 Å². The molecule has 0 aliphatic rings. The molecule has 0 saturated heterocycles. The van der Waals surface area contributed by atoms with Gasteiger partial charge in [0, 0.05) is 6.20 Å². The van der Waals surface area contributed by atoms with Gasteiger partial charge in [-0.1, -0.05) is 6.92 Å². The molecule has 2 heterocycles. The maximum atomic E-state index is 11.3. The van der Waals surface area contributed by atoms with Crippen LogP contribution in [0.4, 0.5) is 0 Å². The standard InChI is InChI=1S/C10H12N4O2/c1-4-7-6(2)5-11-10-12-8(9(15)16-3)13-14(7)10/h5H,4H2,1-3H3. The molecule has 0 saturated carbocycles. The minimum Gasteiger partial charge on any atom is -0.463 e. The quantitative estimate of drug-likeness (QED) is 0.699. The third-order valence-corrected chi connectivity index (χ3v) is 2.38. The molecular weight excluding hydrogens is 208 g/mol. The van der Waals surface area contributed by atoms with Crippen LogP contribution in [0.1, 0.15) is 28.8 Å². The second-order valence-corrected chi connectivity index (χ2v) is 3.38. The van der Waals surface area contributed by atoms with Crippen LogP contribution in [0.15, 0.2) is 6.20 Å². The lowest BCUT2D eigenvalue weighted by Gasteiger charge is -2.02. The van der Waals surface area contributed by atoms with Gasteiger partial charge < -0.3 is 4.74 Å². The van der Waals surface area contributed by atoms with Crippen LogP contribution in [0, 0.1) is 6.92 Å². The molecule has 6 heteroatoms. The summed E-state index contributed by atoms with van der Waals surface area (Å²) < 4.78 is 6.15. The second-order valence-electron chi connectivity index (χ2n) is 3.38. The van der Waals surface area contributed by atoms with Gasteiger partial charge in [0.15, 0.2) is 0 Å². The van der Waals surface area contributed by atoms with Crippen LogP contribution < -0.4 is 0 Å². The Labute approximate surface area is 92.3 Å². The smallest absolute Gasteiger partial charge is 0.378 e. The molecule has 0 N–H and O–H groups in total. The van der Waals surface area contributed by atoms with Crippen molar-refractivity contribution in [2.24, 2.45) is 0 Å². The minimum absolute atomic E-state index is 0.0373. The first kappa shape index (κ1) is 10.5. The number of esters is 1. The fourth-order valence-corrected chi connectivity index (χ4v) is 1.57. The number of methoxy groups -OCH3 is 1. The Bertz CT molecular complexity index is 547. The minimum atomic E-state index is -0.551. The van der Waals surface area contributed by atoms with Crippen molar-refractivity contribution in [1.29, 1.82) is 0 Å². The fraction of sp³-hybridized carbons (Fsp3) is 0.400. The van der Waals surface area contributed by atoms with Crippen molar-refractivity contribution in [2.45, 2.75) is 20.3 Å². The molecule has 0 fully saturated rings. The Morgan fingerprint density at radius 2 is 2.31 bits per heavy atom. The van der Waals surface area contributed by atoms with Crippen LogP contribution in [0.5, 0.6) is 0 Å². The number of hydrogen-bond donors (Lipinski definition) is 0. The van der Waals surface area contributed by atoms with Gasteiger partial charge in [0.25, 0.3) is 11.6 Å². The molecule has 0 bridgehead atoms. The first-order chi connectivity index (χ1) is 7.67. The number of carbonyl (C=O) groups is 1. The zero-order valence-corrected chi connectivity index (χ0v) is 9.39. The van der Waals surface area contributed by atoms with E-state index in [-0.39, 0.29) is 5.82 Å². The average Bonchev–Trinajstić information content (AvgIpc) is 2.71. The van der Waals surface area contributed by atoms with Gasteiger partial charge in [-0.05, 0) is 18.9 Å². The summed E-state index contributed by atoms with van der Waals surface area (Å²) in [5.74, 6) is -0.0941. The van der Waals surface area contributed by atoms with Crippen LogP contribution in [-0.2, 0) is 11.2 Å². The molecule has 84 valence electrons. The van der Waals surface area contributed by atoms with Crippen LogP contribution in [0.2, 0.25) is 0 Å². The fourth-order valence-electron chi connectivity index (χ4n) is 1.57. The Morgan fingerprint density at radius 3 is 2.94 bits per heavy atom. The number of carbonyl (C=O) groups excluding carboxylic acids is 1. The van der Waals surface area contributed by atoms with Gasteiger partial charge in [-0.3, -0.25) is 0 Å². The highest BCUT2D eigenvalue weighted by atomic mass is 16.5. The highest BCUT2D eigenvalue weighted by Gasteiger charge is 2.15. The predicted molar refractivity (Wildman–Crippen MR) is 56.2 cm³/mol. The summed E-state index contributed by atoms with van der Waals surface area (Å²) in [4.78, 5) is 19.4. The SMILES string of the molecule is CCc1c(C)cnc2nc(C(=O)OC)nn12. The van der Waals surface area contributed by atoms with Gasteiger partial charge >= 0.3 is 5.97 Å². The normalized spacial score (nSPS) is 10.7. The van der Waals surface area contributed by atoms with E-state index in [0.29, 0.717) is 5.78 Å². The molecule has 16 heavy (non-hydrogen) atoms. The maximum Gasteiger partial charge on any atom is 0.378 e. The summed E-state index contributed by atoms with van der Waals surface area (Å²) in [6.45, 7) is 3.96. The number of nitrogens with zero attached hydrogens (tertiary/aromatic N) is 4. The van der Waals surface area contributed by atoms with E-state index in [1.807, 2.05) is 13.8 Å². The third-order valence-electron chi connectivity index (χ3n) is 2.38. The van der Waals surface area contributed by atoms with E-state index in [4.69, 9.17) is 0 Å². The van der Waals surface area contributed by atoms with E-state index in [1.165, 1.54) is 7.11 Å². The van der Waals surface area contributed by atoms with Crippen molar-refractivity contribution >= 4 is 11.7 Å². The largest absolute Gasteiger partial charge is 0.463 e. The summed E-state index contributed by atoms with van der Waals surface area (Å²) in [5, 5.41) is 4.08. The van der Waals surface area contributed by atoms with Crippen LogP contribution in [0.3, 0.4) is 0 Å². The first-order valence-corrected chi connectivity index (χ1v) is 4.97. The summed E-state index contributed by atoms with van der Waals surface area (Å²) in [5.41, 5.74) is 2.02. The van der Waals surface area contributed by atoms with Gasteiger partial charge in [0.05, 0.1) is 12.8 Å². The molecule has 0 unspecified atom stereocenters. The van der Waals surface area contributed by atoms with E-state index in [9.17, 15) is 4.79 Å². The van der Waals surface area contributed by atoms with Crippen molar-refractivity contribution in [3.63, 3.8) is 0 Å². The number of rotatable bonds is 2. The van der Waals surface area contributed by atoms with Crippen LogP contribution in [0.25, 0.3) is 5.78 Å². The lowest BCUT2D eigenvalue weighted by Crippen LogP contribution is -2.05. The Balaban J connectivity index is 2.65. The lowest BCUT2D eigenvalue weighted by atomic mass is 10.2. The van der Waals surface area contributed by atoms with E-state index in [0.717, 1.165) is 17.7 Å². The van der Waals surface area contributed by atoms with Crippen LogP contribution in [-0.4, -0.2) is 32.7 Å². The molecule has 2 aromatic heterocycles.